The van der Waals surface area contributed by atoms with E-state index in [1.165, 1.54) is 12.1 Å². The molecule has 0 heterocycles. The van der Waals surface area contributed by atoms with E-state index in [1.807, 2.05) is 13.8 Å². The molecule has 1 aromatic carbocycles. The van der Waals surface area contributed by atoms with Crippen LogP contribution in [0, 0.1) is 0 Å². The molecule has 20 heavy (non-hydrogen) atoms. The fourth-order valence-electron chi connectivity index (χ4n) is 1.53. The summed E-state index contributed by atoms with van der Waals surface area (Å²) in [4.78, 5) is 10.6. The normalized spacial score (nSPS) is 11.1. The number of aryl methyl sites for hydroxylation is 1. The fourth-order valence-corrected chi connectivity index (χ4v) is 2.49. The molecule has 0 atom stereocenters. The highest BCUT2D eigenvalue weighted by Crippen LogP contribution is 2.11. The molecule has 0 unspecified atom stereocenters. The van der Waals surface area contributed by atoms with E-state index in [2.05, 4.69) is 4.72 Å². The van der Waals surface area contributed by atoms with Gasteiger partial charge in [-0.25, -0.2) is 13.1 Å². The van der Waals surface area contributed by atoms with Crippen molar-refractivity contribution < 1.29 is 18.3 Å². The minimum atomic E-state index is -3.51. The maximum Gasteiger partial charge on any atom is 0.303 e. The predicted molar refractivity (Wildman–Crippen MR) is 77.0 cm³/mol. The van der Waals surface area contributed by atoms with E-state index in [9.17, 15) is 13.2 Å². The van der Waals surface area contributed by atoms with Crippen LogP contribution in [-0.4, -0.2) is 26.0 Å². The molecule has 5 nitrogen and oxygen atoms in total. The molecule has 0 aliphatic heterocycles. The molecule has 2 N–H and O–H groups in total. The lowest BCUT2D eigenvalue weighted by atomic mass is 10.1. The third-order valence-electron chi connectivity index (χ3n) is 2.64. The molecule has 0 fully saturated rings. The van der Waals surface area contributed by atoms with Crippen LogP contribution in [-0.2, 0) is 21.2 Å². The standard InChI is InChI=1S/C14H19NO4S/c1-11(2)9-10-15-20(18,19)13-6-3-12(4-7-13)5-8-14(16)17/h3-4,6-7,9,15H,5,8,10H2,1-2H3,(H,16,17). The first-order valence-electron chi connectivity index (χ1n) is 6.25. The van der Waals surface area contributed by atoms with Crippen molar-refractivity contribution >= 4 is 16.0 Å². The Hall–Kier alpha value is -1.66. The van der Waals surface area contributed by atoms with Gasteiger partial charge in [0.1, 0.15) is 0 Å². The number of hydrogen-bond donors (Lipinski definition) is 2. The van der Waals surface area contributed by atoms with Crippen molar-refractivity contribution in [2.45, 2.75) is 31.6 Å². The second-order valence-electron chi connectivity index (χ2n) is 4.67. The highest BCUT2D eigenvalue weighted by molar-refractivity contribution is 7.89. The summed E-state index contributed by atoms with van der Waals surface area (Å²) in [5.41, 5.74) is 1.84. The van der Waals surface area contributed by atoms with Crippen molar-refractivity contribution in [3.63, 3.8) is 0 Å². The Kier molecular flexibility index (Phi) is 5.91. The minimum absolute atomic E-state index is 0.0327. The average Bonchev–Trinajstić information content (AvgIpc) is 2.36. The summed E-state index contributed by atoms with van der Waals surface area (Å²) in [6, 6.07) is 6.25. The topological polar surface area (TPSA) is 83.5 Å². The van der Waals surface area contributed by atoms with E-state index >= 15 is 0 Å². The zero-order chi connectivity index (χ0) is 15.2. The van der Waals surface area contributed by atoms with Gasteiger partial charge in [-0.3, -0.25) is 4.79 Å². The monoisotopic (exact) mass is 297 g/mol. The molecule has 0 saturated heterocycles. The Morgan fingerprint density at radius 2 is 1.85 bits per heavy atom. The maximum absolute atomic E-state index is 12.0. The molecule has 0 radical (unpaired) electrons. The summed E-state index contributed by atoms with van der Waals surface area (Å²) < 4.78 is 26.4. The molecule has 110 valence electrons. The zero-order valence-corrected chi connectivity index (χ0v) is 12.4. The number of carbonyl (C=O) groups is 1. The number of carboxylic acid groups (broad SMARTS) is 1. The summed E-state index contributed by atoms with van der Waals surface area (Å²) in [6.45, 7) is 4.04. The van der Waals surface area contributed by atoms with Crippen LogP contribution in [0.1, 0.15) is 25.8 Å². The van der Waals surface area contributed by atoms with Crippen LogP contribution in [0.3, 0.4) is 0 Å². The zero-order valence-electron chi connectivity index (χ0n) is 11.6. The second kappa shape index (κ2) is 7.21. The van der Waals surface area contributed by atoms with Gasteiger partial charge in [-0.2, -0.15) is 0 Å². The van der Waals surface area contributed by atoms with Crippen molar-refractivity contribution in [1.29, 1.82) is 0 Å². The van der Waals surface area contributed by atoms with Crippen LogP contribution in [0.15, 0.2) is 40.8 Å². The van der Waals surface area contributed by atoms with Crippen molar-refractivity contribution in [2.75, 3.05) is 6.54 Å². The van der Waals surface area contributed by atoms with Gasteiger partial charge < -0.3 is 5.11 Å². The van der Waals surface area contributed by atoms with Crippen LogP contribution in [0.4, 0.5) is 0 Å². The van der Waals surface area contributed by atoms with E-state index in [0.29, 0.717) is 6.42 Å². The predicted octanol–water partition coefficient (Wildman–Crippen LogP) is 1.95. The first-order chi connectivity index (χ1) is 9.31. The number of aliphatic carboxylic acids is 1. The SMILES string of the molecule is CC(C)=CCNS(=O)(=O)c1ccc(CCC(=O)O)cc1. The molecule has 1 rings (SSSR count). The van der Waals surface area contributed by atoms with Crippen LogP contribution in [0.2, 0.25) is 0 Å². The Morgan fingerprint density at radius 1 is 1.25 bits per heavy atom. The van der Waals surface area contributed by atoms with Crippen molar-refractivity contribution in [3.05, 3.63) is 41.5 Å². The van der Waals surface area contributed by atoms with Gasteiger partial charge in [0, 0.05) is 13.0 Å². The quantitative estimate of drug-likeness (QED) is 0.753. The number of nitrogens with one attached hydrogen (secondary N) is 1. The average molecular weight is 297 g/mol. The Balaban J connectivity index is 2.71. The van der Waals surface area contributed by atoms with Crippen LogP contribution < -0.4 is 4.72 Å². The molecule has 0 aromatic heterocycles. The van der Waals surface area contributed by atoms with E-state index in [1.54, 1.807) is 18.2 Å². The van der Waals surface area contributed by atoms with Crippen molar-refractivity contribution in [2.24, 2.45) is 0 Å². The van der Waals surface area contributed by atoms with Gasteiger partial charge in [0.05, 0.1) is 4.90 Å². The number of sulfonamides is 1. The number of hydrogen-bond acceptors (Lipinski definition) is 3. The molecule has 0 saturated carbocycles. The molecule has 0 spiro atoms. The summed E-state index contributed by atoms with van der Waals surface area (Å²) >= 11 is 0. The number of rotatable bonds is 7. The third-order valence-corrected chi connectivity index (χ3v) is 4.08. The Labute approximate surface area is 119 Å². The van der Waals surface area contributed by atoms with Gasteiger partial charge in [-0.05, 0) is 38.0 Å². The minimum Gasteiger partial charge on any atom is -0.481 e. The number of carboxylic acids is 1. The smallest absolute Gasteiger partial charge is 0.303 e. The van der Waals surface area contributed by atoms with Gasteiger partial charge >= 0.3 is 5.97 Å². The van der Waals surface area contributed by atoms with Gasteiger partial charge in [0.25, 0.3) is 0 Å². The van der Waals surface area contributed by atoms with Gasteiger partial charge in [-0.1, -0.05) is 23.8 Å². The fraction of sp³-hybridized carbons (Fsp3) is 0.357. The molecule has 6 heteroatoms. The summed E-state index contributed by atoms with van der Waals surface area (Å²) in [6.07, 6.45) is 2.21. The van der Waals surface area contributed by atoms with E-state index in [4.69, 9.17) is 5.11 Å². The van der Waals surface area contributed by atoms with Gasteiger partial charge in [0.2, 0.25) is 10.0 Å². The summed E-state index contributed by atoms with van der Waals surface area (Å²) in [5.74, 6) is -0.870. The highest BCUT2D eigenvalue weighted by atomic mass is 32.2. The van der Waals surface area contributed by atoms with Gasteiger partial charge in [-0.15, -0.1) is 0 Å². The van der Waals surface area contributed by atoms with Gasteiger partial charge in [0.15, 0.2) is 0 Å². The van der Waals surface area contributed by atoms with E-state index in [-0.39, 0.29) is 17.9 Å². The van der Waals surface area contributed by atoms with E-state index < -0.39 is 16.0 Å². The molecular weight excluding hydrogens is 278 g/mol. The summed E-state index contributed by atoms with van der Waals surface area (Å²) in [5, 5.41) is 8.59. The number of allylic oxidation sites excluding steroid dienone is 1. The molecule has 1 aromatic rings. The molecule has 0 amide bonds. The van der Waals surface area contributed by atoms with Crippen molar-refractivity contribution in [1.82, 2.24) is 4.72 Å². The third kappa shape index (κ3) is 5.54. The maximum atomic E-state index is 12.0. The van der Waals surface area contributed by atoms with Crippen LogP contribution in [0.25, 0.3) is 0 Å². The first kappa shape index (κ1) is 16.4. The largest absolute Gasteiger partial charge is 0.481 e. The Morgan fingerprint density at radius 3 is 2.35 bits per heavy atom. The molecule has 0 aliphatic carbocycles. The summed E-state index contributed by atoms with van der Waals surface area (Å²) in [7, 11) is -3.51. The van der Waals surface area contributed by atoms with E-state index in [0.717, 1.165) is 11.1 Å². The van der Waals surface area contributed by atoms with Crippen LogP contribution in [0.5, 0.6) is 0 Å². The Bertz CT molecular complexity index is 584. The van der Waals surface area contributed by atoms with Crippen LogP contribution >= 0.6 is 0 Å². The highest BCUT2D eigenvalue weighted by Gasteiger charge is 2.12. The second-order valence-corrected chi connectivity index (χ2v) is 6.44. The molecule has 0 bridgehead atoms. The molecule has 0 aliphatic rings. The lowest BCUT2D eigenvalue weighted by molar-refractivity contribution is -0.136. The van der Waals surface area contributed by atoms with Crippen molar-refractivity contribution in [3.8, 4) is 0 Å². The molecular formula is C14H19NO4S. The lowest BCUT2D eigenvalue weighted by Crippen LogP contribution is -2.23. The lowest BCUT2D eigenvalue weighted by Gasteiger charge is -2.06. The first-order valence-corrected chi connectivity index (χ1v) is 7.73. The number of benzene rings is 1.